The van der Waals surface area contributed by atoms with Crippen LogP contribution in [0.2, 0.25) is 0 Å². The number of nitrogens with zero attached hydrogens (tertiary/aromatic N) is 2. The molecular weight excluding hydrogens is 226 g/mol. The maximum Gasteiger partial charge on any atom is 0.344 e. The molecule has 2 aliphatic rings. The van der Waals surface area contributed by atoms with Gasteiger partial charge in [-0.2, -0.15) is 0 Å². The van der Waals surface area contributed by atoms with E-state index in [0.29, 0.717) is 11.8 Å². The van der Waals surface area contributed by atoms with E-state index >= 15 is 0 Å². The van der Waals surface area contributed by atoms with E-state index in [4.69, 9.17) is 0 Å². The summed E-state index contributed by atoms with van der Waals surface area (Å²) in [6.45, 7) is 2.08. The van der Waals surface area contributed by atoms with Gasteiger partial charge in [-0.1, -0.05) is 6.08 Å². The zero-order valence-corrected chi connectivity index (χ0v) is 9.37. The normalized spacial score (nSPS) is 27.9. The summed E-state index contributed by atoms with van der Waals surface area (Å²) in [4.78, 5) is 14.3. The van der Waals surface area contributed by atoms with E-state index < -0.39 is 0 Å². The molecule has 5 nitrogen and oxygen atoms in total. The fourth-order valence-corrected chi connectivity index (χ4v) is 3.20. The maximum absolute atomic E-state index is 10.6. The standard InChI is InChI=1S/C10H11N3O2S/c14-13(15)9-5-12-10(16-9)6-1-7-3-11-4-8(7)2-6/h1,5,7-8,11H,2-4H2/t7-,8+/m1/s1. The van der Waals surface area contributed by atoms with Gasteiger partial charge in [0.2, 0.25) is 0 Å². The average molecular weight is 237 g/mol. The van der Waals surface area contributed by atoms with Gasteiger partial charge in [-0.25, -0.2) is 4.98 Å². The minimum atomic E-state index is -0.376. The van der Waals surface area contributed by atoms with E-state index in [1.165, 1.54) is 23.1 Å². The predicted molar refractivity (Wildman–Crippen MR) is 61.2 cm³/mol. The van der Waals surface area contributed by atoms with Gasteiger partial charge in [0.15, 0.2) is 0 Å². The lowest BCUT2D eigenvalue weighted by molar-refractivity contribution is -0.380. The van der Waals surface area contributed by atoms with E-state index in [1.54, 1.807) is 0 Å². The van der Waals surface area contributed by atoms with E-state index in [9.17, 15) is 10.1 Å². The van der Waals surface area contributed by atoms with Crippen LogP contribution in [-0.2, 0) is 0 Å². The number of hydrogen-bond donors (Lipinski definition) is 1. The van der Waals surface area contributed by atoms with E-state index in [0.717, 1.165) is 24.5 Å². The molecule has 6 heteroatoms. The van der Waals surface area contributed by atoms with Gasteiger partial charge in [-0.3, -0.25) is 10.1 Å². The average Bonchev–Trinajstić information content (AvgIpc) is 2.91. The van der Waals surface area contributed by atoms with Crippen molar-refractivity contribution in [3.63, 3.8) is 0 Å². The van der Waals surface area contributed by atoms with Crippen molar-refractivity contribution in [1.82, 2.24) is 10.3 Å². The number of nitro groups is 1. The van der Waals surface area contributed by atoms with Crippen molar-refractivity contribution in [3.8, 4) is 0 Å². The van der Waals surface area contributed by atoms with Gasteiger partial charge in [0.1, 0.15) is 11.2 Å². The van der Waals surface area contributed by atoms with E-state index in [-0.39, 0.29) is 9.92 Å². The number of hydrogen-bond acceptors (Lipinski definition) is 5. The van der Waals surface area contributed by atoms with Gasteiger partial charge < -0.3 is 5.32 Å². The quantitative estimate of drug-likeness (QED) is 0.627. The highest BCUT2D eigenvalue weighted by Crippen LogP contribution is 2.40. The van der Waals surface area contributed by atoms with Crippen LogP contribution in [0.1, 0.15) is 11.4 Å². The predicted octanol–water partition coefficient (Wildman–Crippen LogP) is 1.67. The molecule has 1 saturated heterocycles. The Labute approximate surface area is 96.3 Å². The van der Waals surface area contributed by atoms with Crippen LogP contribution in [0.25, 0.3) is 5.57 Å². The molecule has 0 saturated carbocycles. The third-order valence-corrected chi connectivity index (χ3v) is 4.26. The third kappa shape index (κ3) is 1.54. The van der Waals surface area contributed by atoms with Crippen LogP contribution in [-0.4, -0.2) is 23.0 Å². The molecule has 1 aliphatic carbocycles. The van der Waals surface area contributed by atoms with Crippen LogP contribution in [0.3, 0.4) is 0 Å². The topological polar surface area (TPSA) is 68.1 Å². The first-order valence-electron chi connectivity index (χ1n) is 5.26. The highest BCUT2D eigenvalue weighted by Gasteiger charge is 2.33. The van der Waals surface area contributed by atoms with Gasteiger partial charge in [0.05, 0.1) is 4.92 Å². The Morgan fingerprint density at radius 3 is 3.12 bits per heavy atom. The molecule has 84 valence electrons. The zero-order valence-electron chi connectivity index (χ0n) is 8.55. The largest absolute Gasteiger partial charge is 0.344 e. The Morgan fingerprint density at radius 2 is 2.44 bits per heavy atom. The smallest absolute Gasteiger partial charge is 0.316 e. The number of fused-ring (bicyclic) bond motifs is 1. The number of thiazole rings is 1. The molecule has 1 aromatic heterocycles. The molecule has 1 fully saturated rings. The summed E-state index contributed by atoms with van der Waals surface area (Å²) in [7, 11) is 0. The Hall–Kier alpha value is -1.27. The molecule has 2 atom stereocenters. The first-order chi connectivity index (χ1) is 7.74. The van der Waals surface area contributed by atoms with Gasteiger partial charge in [0, 0.05) is 6.54 Å². The Kier molecular flexibility index (Phi) is 2.26. The highest BCUT2D eigenvalue weighted by molar-refractivity contribution is 7.15. The molecule has 0 aromatic carbocycles. The molecule has 0 bridgehead atoms. The number of aromatic nitrogens is 1. The number of nitrogens with one attached hydrogen (secondary N) is 1. The molecule has 0 amide bonds. The first-order valence-corrected chi connectivity index (χ1v) is 6.07. The zero-order chi connectivity index (χ0) is 11.1. The van der Waals surface area contributed by atoms with Gasteiger partial charge in [-0.15, -0.1) is 0 Å². The Balaban J connectivity index is 1.85. The molecular formula is C10H11N3O2S. The second kappa shape index (κ2) is 3.64. The molecule has 1 aromatic rings. The fourth-order valence-electron chi connectivity index (χ4n) is 2.44. The second-order valence-corrected chi connectivity index (χ2v) is 5.25. The molecule has 0 radical (unpaired) electrons. The monoisotopic (exact) mass is 237 g/mol. The summed E-state index contributed by atoms with van der Waals surface area (Å²) >= 11 is 1.18. The summed E-state index contributed by atoms with van der Waals surface area (Å²) in [5.74, 6) is 1.26. The second-order valence-electron chi connectivity index (χ2n) is 4.24. The van der Waals surface area contributed by atoms with Gasteiger partial charge in [0.25, 0.3) is 0 Å². The van der Waals surface area contributed by atoms with Crippen molar-refractivity contribution in [2.75, 3.05) is 13.1 Å². The highest BCUT2D eigenvalue weighted by atomic mass is 32.1. The van der Waals surface area contributed by atoms with E-state index in [1.807, 2.05) is 0 Å². The lowest BCUT2D eigenvalue weighted by Gasteiger charge is -2.04. The summed E-state index contributed by atoms with van der Waals surface area (Å²) in [6.07, 6.45) is 4.59. The summed E-state index contributed by atoms with van der Waals surface area (Å²) in [5, 5.41) is 14.9. The van der Waals surface area contributed by atoms with Crippen molar-refractivity contribution in [1.29, 1.82) is 0 Å². The molecule has 16 heavy (non-hydrogen) atoms. The van der Waals surface area contributed by atoms with Gasteiger partial charge >= 0.3 is 5.00 Å². The molecule has 0 spiro atoms. The lowest BCUT2D eigenvalue weighted by atomic mass is 10.00. The van der Waals surface area contributed by atoms with Crippen molar-refractivity contribution in [2.45, 2.75) is 6.42 Å². The summed E-state index contributed by atoms with van der Waals surface area (Å²) in [5.41, 5.74) is 1.19. The van der Waals surface area contributed by atoms with Crippen LogP contribution in [0.15, 0.2) is 12.3 Å². The molecule has 0 unspecified atom stereocenters. The van der Waals surface area contributed by atoms with Crippen LogP contribution in [0, 0.1) is 22.0 Å². The fraction of sp³-hybridized carbons (Fsp3) is 0.500. The van der Waals surface area contributed by atoms with Crippen molar-refractivity contribution >= 4 is 21.9 Å². The SMILES string of the molecule is O=[N+]([O-])c1cnc(C2=C[C@@H]3CNC[C@@H]3C2)s1. The van der Waals surface area contributed by atoms with Crippen LogP contribution >= 0.6 is 11.3 Å². The van der Waals surface area contributed by atoms with Crippen LogP contribution in [0.5, 0.6) is 0 Å². The van der Waals surface area contributed by atoms with Crippen LogP contribution in [0.4, 0.5) is 5.00 Å². The maximum atomic E-state index is 10.6. The molecule has 2 heterocycles. The minimum Gasteiger partial charge on any atom is -0.316 e. The molecule has 3 rings (SSSR count). The van der Waals surface area contributed by atoms with Crippen LogP contribution < -0.4 is 5.32 Å². The number of allylic oxidation sites excluding steroid dienone is 1. The lowest BCUT2D eigenvalue weighted by Crippen LogP contribution is -2.09. The Morgan fingerprint density at radius 1 is 1.56 bits per heavy atom. The summed E-state index contributed by atoms with van der Waals surface area (Å²) < 4.78 is 0. The van der Waals surface area contributed by atoms with Crippen molar-refractivity contribution in [3.05, 3.63) is 27.4 Å². The van der Waals surface area contributed by atoms with Crippen molar-refractivity contribution in [2.24, 2.45) is 11.8 Å². The van der Waals surface area contributed by atoms with E-state index in [2.05, 4.69) is 16.4 Å². The number of rotatable bonds is 2. The minimum absolute atomic E-state index is 0.131. The third-order valence-electron chi connectivity index (χ3n) is 3.24. The summed E-state index contributed by atoms with van der Waals surface area (Å²) in [6, 6.07) is 0. The van der Waals surface area contributed by atoms with Gasteiger partial charge in [-0.05, 0) is 41.7 Å². The van der Waals surface area contributed by atoms with Crippen molar-refractivity contribution < 1.29 is 4.92 Å². The Bertz CT molecular complexity index is 468. The first kappa shape index (κ1) is 9.92. The molecule has 1 aliphatic heterocycles. The molecule has 1 N–H and O–H groups in total.